The SMILES string of the molecule is COc1cc(F)ccc1-c1cc(Cn2cnc3c(N)ncnc32)c(N2CCC[C@](N)([C@H](O)C(F)F)C2)cn1. The Labute approximate surface area is 216 Å². The Hall–Kier alpha value is -3.97. The van der Waals surface area contributed by atoms with Gasteiger partial charge in [-0.15, -0.1) is 0 Å². The molecule has 200 valence electrons. The smallest absolute Gasteiger partial charge is 0.265 e. The molecule has 0 unspecified atom stereocenters. The van der Waals surface area contributed by atoms with Crippen LogP contribution in [0.15, 0.2) is 43.1 Å². The van der Waals surface area contributed by atoms with E-state index < -0.39 is 23.9 Å². The van der Waals surface area contributed by atoms with Gasteiger partial charge in [-0.3, -0.25) is 4.98 Å². The van der Waals surface area contributed by atoms with E-state index in [1.807, 2.05) is 11.0 Å². The van der Waals surface area contributed by atoms with Gasteiger partial charge in [0.1, 0.15) is 29.5 Å². The highest BCUT2D eigenvalue weighted by atomic mass is 19.3. The Balaban J connectivity index is 1.59. The van der Waals surface area contributed by atoms with Crippen molar-refractivity contribution in [3.63, 3.8) is 0 Å². The second-order valence-electron chi connectivity index (χ2n) is 9.38. The first-order valence-electron chi connectivity index (χ1n) is 11.9. The molecule has 0 saturated carbocycles. The summed E-state index contributed by atoms with van der Waals surface area (Å²) in [6, 6.07) is 5.98. The van der Waals surface area contributed by atoms with Crippen molar-refractivity contribution in [1.29, 1.82) is 0 Å². The second-order valence-corrected chi connectivity index (χ2v) is 9.38. The number of ether oxygens (including phenoxy) is 1. The number of aromatic nitrogens is 5. The van der Waals surface area contributed by atoms with E-state index in [-0.39, 0.29) is 25.3 Å². The Bertz CT molecular complexity index is 1470. The van der Waals surface area contributed by atoms with Crippen LogP contribution in [0.5, 0.6) is 5.75 Å². The zero-order chi connectivity index (χ0) is 27.0. The van der Waals surface area contributed by atoms with E-state index in [1.165, 1.54) is 25.6 Å². The number of benzene rings is 1. The predicted molar refractivity (Wildman–Crippen MR) is 135 cm³/mol. The minimum absolute atomic E-state index is 0.00615. The standard InChI is InChI=1S/C25H27F3N8O2/c1-38-19-8-15(26)3-4-16(19)17-7-14(10-36-13-34-20-23(29)32-12-33-24(20)36)18(9-31-17)35-6-2-5-25(30,11-35)21(37)22(27)28/h3-4,7-9,12-13,21-22,37H,2,5-6,10-11,30H2,1H3,(H2,29,32,33)/t21-,25-/m1/s1. The molecule has 10 nitrogen and oxygen atoms in total. The molecule has 0 aliphatic carbocycles. The lowest BCUT2D eigenvalue weighted by molar-refractivity contribution is -0.0529. The molecule has 1 aromatic carbocycles. The number of nitrogens with two attached hydrogens (primary N) is 2. The lowest BCUT2D eigenvalue weighted by Crippen LogP contribution is -2.63. The van der Waals surface area contributed by atoms with Crippen molar-refractivity contribution in [1.82, 2.24) is 24.5 Å². The van der Waals surface area contributed by atoms with Crippen molar-refractivity contribution in [2.24, 2.45) is 5.73 Å². The number of pyridine rings is 1. The van der Waals surface area contributed by atoms with Crippen LogP contribution >= 0.6 is 0 Å². The summed E-state index contributed by atoms with van der Waals surface area (Å²) in [5.74, 6) is 0.101. The maximum Gasteiger partial charge on any atom is 0.265 e. The molecule has 1 aliphatic heterocycles. The van der Waals surface area contributed by atoms with Gasteiger partial charge in [-0.05, 0) is 36.6 Å². The Morgan fingerprint density at radius 1 is 1.18 bits per heavy atom. The zero-order valence-electron chi connectivity index (χ0n) is 20.6. The number of imidazole rings is 1. The Morgan fingerprint density at radius 3 is 2.76 bits per heavy atom. The highest BCUT2D eigenvalue weighted by molar-refractivity contribution is 5.81. The van der Waals surface area contributed by atoms with Gasteiger partial charge in [0.05, 0.1) is 43.1 Å². The van der Waals surface area contributed by atoms with Crippen LogP contribution in [0.1, 0.15) is 18.4 Å². The summed E-state index contributed by atoms with van der Waals surface area (Å²) in [4.78, 5) is 19.0. The maximum atomic E-state index is 13.8. The summed E-state index contributed by atoms with van der Waals surface area (Å²) in [6.07, 6.45) is 0.376. The Kier molecular flexibility index (Phi) is 6.80. The van der Waals surface area contributed by atoms with Crippen LogP contribution < -0.4 is 21.1 Å². The average molecular weight is 529 g/mol. The van der Waals surface area contributed by atoms with Crippen LogP contribution in [0.2, 0.25) is 0 Å². The minimum atomic E-state index is -2.96. The number of alkyl halides is 2. The number of nitrogen functional groups attached to an aromatic ring is 1. The number of fused-ring (bicyclic) bond motifs is 1. The van der Waals surface area contributed by atoms with E-state index in [9.17, 15) is 18.3 Å². The molecule has 4 aromatic rings. The molecular weight excluding hydrogens is 501 g/mol. The molecule has 2 atom stereocenters. The molecule has 1 aliphatic rings. The predicted octanol–water partition coefficient (Wildman–Crippen LogP) is 2.59. The quantitative estimate of drug-likeness (QED) is 0.330. The lowest BCUT2D eigenvalue weighted by Gasteiger charge is -2.44. The fourth-order valence-electron chi connectivity index (χ4n) is 4.93. The monoisotopic (exact) mass is 528 g/mol. The van der Waals surface area contributed by atoms with E-state index in [0.29, 0.717) is 46.8 Å². The molecule has 38 heavy (non-hydrogen) atoms. The summed E-state index contributed by atoms with van der Waals surface area (Å²) in [6.45, 7) is 0.807. The molecule has 1 saturated heterocycles. The third-order valence-corrected chi connectivity index (χ3v) is 6.90. The summed E-state index contributed by atoms with van der Waals surface area (Å²) < 4.78 is 47.8. The van der Waals surface area contributed by atoms with Gasteiger partial charge in [0.25, 0.3) is 6.43 Å². The summed E-state index contributed by atoms with van der Waals surface area (Å²) in [7, 11) is 1.44. The highest BCUT2D eigenvalue weighted by Gasteiger charge is 2.43. The van der Waals surface area contributed by atoms with Gasteiger partial charge >= 0.3 is 0 Å². The molecule has 5 rings (SSSR count). The van der Waals surface area contributed by atoms with Gasteiger partial charge in [0.15, 0.2) is 11.5 Å². The molecule has 0 spiro atoms. The van der Waals surface area contributed by atoms with E-state index in [0.717, 1.165) is 5.56 Å². The molecule has 0 amide bonds. The van der Waals surface area contributed by atoms with Crippen molar-refractivity contribution < 1.29 is 23.0 Å². The summed E-state index contributed by atoms with van der Waals surface area (Å²) in [5.41, 5.74) is 14.2. The third-order valence-electron chi connectivity index (χ3n) is 6.90. The lowest BCUT2D eigenvalue weighted by atomic mass is 9.84. The van der Waals surface area contributed by atoms with Crippen LogP contribution in [0, 0.1) is 5.82 Å². The number of methoxy groups -OCH3 is 1. The number of hydrogen-bond donors (Lipinski definition) is 3. The van der Waals surface area contributed by atoms with Crippen molar-refractivity contribution in [3.05, 3.63) is 54.5 Å². The number of anilines is 2. The third kappa shape index (κ3) is 4.70. The fourth-order valence-corrected chi connectivity index (χ4v) is 4.93. The van der Waals surface area contributed by atoms with Crippen LogP contribution in [-0.2, 0) is 6.54 Å². The van der Waals surface area contributed by atoms with Gasteiger partial charge in [-0.25, -0.2) is 28.1 Å². The van der Waals surface area contributed by atoms with E-state index in [4.69, 9.17) is 16.2 Å². The number of hydrogen-bond acceptors (Lipinski definition) is 9. The molecule has 5 N–H and O–H groups in total. The van der Waals surface area contributed by atoms with Gasteiger partial charge < -0.3 is 30.8 Å². The summed E-state index contributed by atoms with van der Waals surface area (Å²) >= 11 is 0. The van der Waals surface area contributed by atoms with E-state index >= 15 is 0 Å². The molecule has 3 aromatic heterocycles. The average Bonchev–Trinajstić information content (AvgIpc) is 3.32. The minimum Gasteiger partial charge on any atom is -0.496 e. The van der Waals surface area contributed by atoms with Crippen molar-refractivity contribution in [2.75, 3.05) is 30.8 Å². The highest BCUT2D eigenvalue weighted by Crippen LogP contribution is 2.35. The van der Waals surface area contributed by atoms with E-state index in [2.05, 4.69) is 19.9 Å². The molecule has 4 heterocycles. The number of aliphatic hydroxyl groups excluding tert-OH is 1. The normalized spacial score (nSPS) is 18.8. The van der Waals surface area contributed by atoms with Gasteiger partial charge in [-0.2, -0.15) is 0 Å². The van der Waals surface area contributed by atoms with Crippen LogP contribution in [0.25, 0.3) is 22.4 Å². The second kappa shape index (κ2) is 10.1. The van der Waals surface area contributed by atoms with E-state index in [1.54, 1.807) is 23.2 Å². The topological polar surface area (TPSA) is 141 Å². The van der Waals surface area contributed by atoms with Crippen molar-refractivity contribution >= 4 is 22.7 Å². The molecule has 13 heteroatoms. The number of nitrogens with zero attached hydrogens (tertiary/aromatic N) is 6. The van der Waals surface area contributed by atoms with Gasteiger partial charge in [0, 0.05) is 24.7 Å². The first kappa shape index (κ1) is 25.7. The first-order valence-corrected chi connectivity index (χ1v) is 11.9. The zero-order valence-corrected chi connectivity index (χ0v) is 20.6. The number of rotatable bonds is 7. The number of halogens is 3. The first-order chi connectivity index (χ1) is 18.2. The maximum absolute atomic E-state index is 13.8. The van der Waals surface area contributed by atoms with Gasteiger partial charge in [-0.1, -0.05) is 0 Å². The summed E-state index contributed by atoms with van der Waals surface area (Å²) in [5, 5.41) is 10.2. The number of aliphatic hydroxyl groups is 1. The Morgan fingerprint density at radius 2 is 2.00 bits per heavy atom. The molecular formula is C25H27F3N8O2. The number of piperidine rings is 1. The van der Waals surface area contributed by atoms with Crippen LogP contribution in [-0.4, -0.2) is 67.9 Å². The van der Waals surface area contributed by atoms with Crippen LogP contribution in [0.4, 0.5) is 24.7 Å². The molecule has 1 fully saturated rings. The van der Waals surface area contributed by atoms with Crippen LogP contribution in [0.3, 0.4) is 0 Å². The van der Waals surface area contributed by atoms with Gasteiger partial charge in [0.2, 0.25) is 0 Å². The molecule has 0 radical (unpaired) electrons. The fraction of sp³-hybridized carbons (Fsp3) is 0.360. The largest absolute Gasteiger partial charge is 0.496 e. The molecule has 0 bridgehead atoms. The van der Waals surface area contributed by atoms with Crippen molar-refractivity contribution in [2.45, 2.75) is 37.5 Å². The van der Waals surface area contributed by atoms with Crippen molar-refractivity contribution in [3.8, 4) is 17.0 Å².